The van der Waals surface area contributed by atoms with E-state index >= 15 is 0 Å². The lowest BCUT2D eigenvalue weighted by Crippen LogP contribution is -2.51. The molecule has 1 aliphatic carbocycles. The monoisotopic (exact) mass is 265 g/mol. The Morgan fingerprint density at radius 1 is 1.42 bits per heavy atom. The van der Waals surface area contributed by atoms with Crippen LogP contribution in [0.4, 0.5) is 4.39 Å². The molecule has 1 aromatic rings. The molecule has 2 N–H and O–H groups in total. The summed E-state index contributed by atoms with van der Waals surface area (Å²) in [7, 11) is 0. The van der Waals surface area contributed by atoms with Crippen LogP contribution in [0.15, 0.2) is 24.3 Å². The van der Waals surface area contributed by atoms with E-state index in [0.29, 0.717) is 18.4 Å². The van der Waals surface area contributed by atoms with Crippen molar-refractivity contribution in [1.29, 1.82) is 0 Å². The van der Waals surface area contributed by atoms with Crippen molar-refractivity contribution in [3.05, 3.63) is 35.6 Å². The van der Waals surface area contributed by atoms with Gasteiger partial charge in [0.15, 0.2) is 0 Å². The van der Waals surface area contributed by atoms with E-state index in [4.69, 9.17) is 0 Å². The maximum atomic E-state index is 13.8. The van der Waals surface area contributed by atoms with E-state index < -0.39 is 11.0 Å². The van der Waals surface area contributed by atoms with Crippen molar-refractivity contribution in [2.45, 2.75) is 44.1 Å². The van der Waals surface area contributed by atoms with Crippen LogP contribution in [0.5, 0.6) is 0 Å². The van der Waals surface area contributed by atoms with E-state index in [2.05, 4.69) is 5.32 Å². The first-order valence-corrected chi connectivity index (χ1v) is 6.61. The number of carbonyl (C=O) groups excluding carboxylic acids is 1. The number of benzene rings is 1. The number of carbonyl (C=O) groups is 1. The summed E-state index contributed by atoms with van der Waals surface area (Å²) in [5.41, 5.74) is -1.35. The zero-order valence-corrected chi connectivity index (χ0v) is 11.4. The van der Waals surface area contributed by atoms with Gasteiger partial charge in [-0.05, 0) is 39.2 Å². The molecule has 1 aliphatic rings. The minimum atomic E-state index is -0.953. The smallest absolute Gasteiger partial charge is 0.230 e. The molecule has 0 radical (unpaired) electrons. The summed E-state index contributed by atoms with van der Waals surface area (Å²) in [4.78, 5) is 12.2. The zero-order chi connectivity index (χ0) is 14.1. The third-order valence-electron chi connectivity index (χ3n) is 3.98. The van der Waals surface area contributed by atoms with Crippen LogP contribution in [0.2, 0.25) is 0 Å². The van der Waals surface area contributed by atoms with Gasteiger partial charge < -0.3 is 10.4 Å². The Morgan fingerprint density at radius 3 is 2.58 bits per heavy atom. The molecule has 104 valence electrons. The van der Waals surface area contributed by atoms with Gasteiger partial charge in [0, 0.05) is 12.1 Å². The third-order valence-corrected chi connectivity index (χ3v) is 3.98. The van der Waals surface area contributed by atoms with Gasteiger partial charge in [-0.1, -0.05) is 18.2 Å². The molecule has 0 spiro atoms. The largest absolute Gasteiger partial charge is 0.388 e. The predicted molar refractivity (Wildman–Crippen MR) is 71.2 cm³/mol. The minimum absolute atomic E-state index is 0.240. The van der Waals surface area contributed by atoms with Crippen molar-refractivity contribution in [1.82, 2.24) is 5.32 Å². The third kappa shape index (κ3) is 2.78. The molecule has 0 atom stereocenters. The van der Waals surface area contributed by atoms with Gasteiger partial charge in [0.2, 0.25) is 5.91 Å². The average molecular weight is 265 g/mol. The maximum Gasteiger partial charge on any atom is 0.230 e. The molecule has 0 aliphatic heterocycles. The molecule has 1 amide bonds. The van der Waals surface area contributed by atoms with E-state index in [1.807, 2.05) is 0 Å². The van der Waals surface area contributed by atoms with Gasteiger partial charge in [0.05, 0.1) is 11.0 Å². The fourth-order valence-corrected chi connectivity index (χ4v) is 2.32. The summed E-state index contributed by atoms with van der Waals surface area (Å²) in [6, 6.07) is 6.29. The van der Waals surface area contributed by atoms with Crippen molar-refractivity contribution in [3.63, 3.8) is 0 Å². The molecule has 1 aromatic carbocycles. The molecule has 0 heterocycles. The molecule has 3 nitrogen and oxygen atoms in total. The molecule has 0 unspecified atom stereocenters. The molecule has 0 saturated heterocycles. The van der Waals surface area contributed by atoms with Crippen LogP contribution in [-0.2, 0) is 10.2 Å². The second-order valence-electron chi connectivity index (χ2n) is 5.87. The van der Waals surface area contributed by atoms with Crippen LogP contribution in [0, 0.1) is 5.82 Å². The average Bonchev–Trinajstić information content (AvgIpc) is 2.33. The van der Waals surface area contributed by atoms with E-state index in [1.165, 1.54) is 6.07 Å². The van der Waals surface area contributed by atoms with E-state index in [-0.39, 0.29) is 18.3 Å². The Kier molecular flexibility index (Phi) is 3.63. The lowest BCUT2D eigenvalue weighted by Gasteiger charge is -2.37. The summed E-state index contributed by atoms with van der Waals surface area (Å²) >= 11 is 0. The number of halogens is 1. The van der Waals surface area contributed by atoms with E-state index in [1.54, 1.807) is 32.0 Å². The highest BCUT2D eigenvalue weighted by Gasteiger charge is 2.37. The number of amides is 1. The van der Waals surface area contributed by atoms with Crippen molar-refractivity contribution >= 4 is 5.91 Å². The summed E-state index contributed by atoms with van der Waals surface area (Å²) in [6.45, 7) is 3.61. The SMILES string of the molecule is CC(C)(C(=O)NCC1(O)CCC1)c1ccccc1F. The van der Waals surface area contributed by atoms with Crippen molar-refractivity contribution < 1.29 is 14.3 Å². The van der Waals surface area contributed by atoms with Crippen LogP contribution >= 0.6 is 0 Å². The topological polar surface area (TPSA) is 49.3 Å². The Labute approximate surface area is 112 Å². The van der Waals surface area contributed by atoms with Crippen molar-refractivity contribution in [3.8, 4) is 0 Å². The summed E-state index contributed by atoms with van der Waals surface area (Å²) in [5, 5.41) is 12.7. The molecule has 1 fully saturated rings. The Hall–Kier alpha value is -1.42. The Bertz CT molecular complexity index is 481. The van der Waals surface area contributed by atoms with Crippen LogP contribution < -0.4 is 5.32 Å². The summed E-state index contributed by atoms with van der Waals surface area (Å²) in [5.74, 6) is -0.650. The first-order chi connectivity index (χ1) is 8.85. The van der Waals surface area contributed by atoms with Crippen molar-refractivity contribution in [2.24, 2.45) is 0 Å². The predicted octanol–water partition coefficient (Wildman–Crippen LogP) is 2.13. The second-order valence-corrected chi connectivity index (χ2v) is 5.87. The lowest BCUT2D eigenvalue weighted by atomic mass is 9.79. The van der Waals surface area contributed by atoms with Gasteiger partial charge in [0.1, 0.15) is 5.82 Å². The van der Waals surface area contributed by atoms with Gasteiger partial charge in [-0.3, -0.25) is 4.79 Å². The first kappa shape index (κ1) is 14.0. The Morgan fingerprint density at radius 2 is 2.05 bits per heavy atom. The quantitative estimate of drug-likeness (QED) is 0.876. The van der Waals surface area contributed by atoms with Crippen LogP contribution in [-0.4, -0.2) is 23.2 Å². The number of rotatable bonds is 4. The number of nitrogens with one attached hydrogen (secondary N) is 1. The maximum absolute atomic E-state index is 13.8. The van der Waals surface area contributed by atoms with Gasteiger partial charge in [-0.15, -0.1) is 0 Å². The van der Waals surface area contributed by atoms with Crippen molar-refractivity contribution in [2.75, 3.05) is 6.54 Å². The van der Waals surface area contributed by atoms with E-state index in [0.717, 1.165) is 6.42 Å². The molecule has 0 aromatic heterocycles. The summed E-state index contributed by atoms with van der Waals surface area (Å²) < 4.78 is 13.8. The standard InChI is InChI=1S/C15H20FNO2/c1-14(2,11-6-3-4-7-12(11)16)13(18)17-10-15(19)8-5-9-15/h3-4,6-7,19H,5,8-10H2,1-2H3,(H,17,18). The summed E-state index contributed by atoms with van der Waals surface area (Å²) in [6.07, 6.45) is 2.42. The molecule has 2 rings (SSSR count). The van der Waals surface area contributed by atoms with Crippen LogP contribution in [0.3, 0.4) is 0 Å². The second kappa shape index (κ2) is 4.93. The normalized spacial score (nSPS) is 17.7. The number of hydrogen-bond donors (Lipinski definition) is 2. The van der Waals surface area contributed by atoms with Gasteiger partial charge in [-0.25, -0.2) is 4.39 Å². The molecule has 4 heteroatoms. The zero-order valence-electron chi connectivity index (χ0n) is 11.4. The van der Waals surface area contributed by atoms with Gasteiger partial charge in [-0.2, -0.15) is 0 Å². The Balaban J connectivity index is 2.06. The molecular formula is C15H20FNO2. The fourth-order valence-electron chi connectivity index (χ4n) is 2.32. The number of hydrogen-bond acceptors (Lipinski definition) is 2. The highest BCUT2D eigenvalue weighted by molar-refractivity contribution is 5.87. The van der Waals surface area contributed by atoms with Crippen LogP contribution in [0.25, 0.3) is 0 Å². The number of aliphatic hydroxyl groups is 1. The van der Waals surface area contributed by atoms with Gasteiger partial charge in [0.25, 0.3) is 0 Å². The molecule has 19 heavy (non-hydrogen) atoms. The fraction of sp³-hybridized carbons (Fsp3) is 0.533. The molecule has 1 saturated carbocycles. The van der Waals surface area contributed by atoms with Crippen LogP contribution in [0.1, 0.15) is 38.7 Å². The highest BCUT2D eigenvalue weighted by atomic mass is 19.1. The van der Waals surface area contributed by atoms with Gasteiger partial charge >= 0.3 is 0 Å². The molecule has 0 bridgehead atoms. The minimum Gasteiger partial charge on any atom is -0.388 e. The van der Waals surface area contributed by atoms with E-state index in [9.17, 15) is 14.3 Å². The lowest BCUT2D eigenvalue weighted by molar-refractivity contribution is -0.128. The highest BCUT2D eigenvalue weighted by Crippen LogP contribution is 2.31. The molecular weight excluding hydrogens is 245 g/mol. The first-order valence-electron chi connectivity index (χ1n) is 6.61.